The molecule has 1 aromatic carbocycles. The maximum absolute atomic E-state index is 12.3. The topological polar surface area (TPSA) is 94.6 Å². The van der Waals surface area contributed by atoms with Crippen LogP contribution in [0.4, 0.5) is 16.2 Å². The van der Waals surface area contributed by atoms with E-state index >= 15 is 0 Å². The van der Waals surface area contributed by atoms with Gasteiger partial charge in [-0.1, -0.05) is 6.07 Å². The Bertz CT molecular complexity index is 774. The number of cyclic esters (lactones) is 1. The normalized spacial score (nSPS) is 17.2. The van der Waals surface area contributed by atoms with Crippen molar-refractivity contribution in [1.29, 1.82) is 0 Å². The lowest BCUT2D eigenvalue weighted by Crippen LogP contribution is -2.38. The Labute approximate surface area is 149 Å². The molecular weight excluding hydrogens is 344 g/mol. The SMILES string of the molecule is COC(=O)C1=C(C(=O)OC)N(c2cccc(N3CCOC3=O)c2)COC1. The second kappa shape index (κ2) is 7.44. The van der Waals surface area contributed by atoms with Crippen molar-refractivity contribution in [2.75, 3.05) is 50.5 Å². The summed E-state index contributed by atoms with van der Waals surface area (Å²) in [5, 5.41) is 0. The number of hydrogen-bond donors (Lipinski definition) is 0. The molecule has 0 aliphatic carbocycles. The fraction of sp³-hybridized carbons (Fsp3) is 0.353. The van der Waals surface area contributed by atoms with Crippen LogP contribution in [0.15, 0.2) is 35.5 Å². The average Bonchev–Trinajstić information content (AvgIpc) is 3.12. The fourth-order valence-corrected chi connectivity index (χ4v) is 2.80. The molecular formula is C17H18N2O7. The molecule has 0 N–H and O–H groups in total. The molecule has 2 aliphatic rings. The molecule has 1 fully saturated rings. The van der Waals surface area contributed by atoms with Crippen LogP contribution >= 0.6 is 0 Å². The summed E-state index contributed by atoms with van der Waals surface area (Å²) < 4.78 is 20.0. The number of benzene rings is 1. The molecule has 138 valence electrons. The molecule has 9 nitrogen and oxygen atoms in total. The van der Waals surface area contributed by atoms with Gasteiger partial charge in [0, 0.05) is 11.4 Å². The van der Waals surface area contributed by atoms with Gasteiger partial charge in [-0.3, -0.25) is 4.90 Å². The molecule has 0 aromatic heterocycles. The van der Waals surface area contributed by atoms with E-state index in [0.29, 0.717) is 24.5 Å². The highest BCUT2D eigenvalue weighted by Gasteiger charge is 2.33. The third-order valence-corrected chi connectivity index (χ3v) is 4.05. The third kappa shape index (κ3) is 3.21. The molecule has 9 heteroatoms. The van der Waals surface area contributed by atoms with Crippen LogP contribution in [-0.2, 0) is 28.5 Å². The highest BCUT2D eigenvalue weighted by Crippen LogP contribution is 2.30. The smallest absolute Gasteiger partial charge is 0.414 e. The molecule has 0 unspecified atom stereocenters. The van der Waals surface area contributed by atoms with E-state index in [2.05, 4.69) is 0 Å². The first kappa shape index (κ1) is 17.7. The van der Waals surface area contributed by atoms with Crippen molar-refractivity contribution in [3.8, 4) is 0 Å². The van der Waals surface area contributed by atoms with Gasteiger partial charge in [-0.15, -0.1) is 0 Å². The summed E-state index contributed by atoms with van der Waals surface area (Å²) in [6.45, 7) is 0.728. The molecule has 1 aromatic rings. The Hall–Kier alpha value is -3.07. The third-order valence-electron chi connectivity index (χ3n) is 4.05. The Balaban J connectivity index is 2.02. The van der Waals surface area contributed by atoms with Gasteiger partial charge in [-0.2, -0.15) is 0 Å². The number of hydrogen-bond acceptors (Lipinski definition) is 8. The Kier molecular flexibility index (Phi) is 5.08. The predicted octanol–water partition coefficient (Wildman–Crippen LogP) is 1.04. The lowest BCUT2D eigenvalue weighted by atomic mass is 10.1. The minimum Gasteiger partial charge on any atom is -0.466 e. The van der Waals surface area contributed by atoms with Crippen LogP contribution < -0.4 is 9.80 Å². The van der Waals surface area contributed by atoms with Crippen molar-refractivity contribution in [2.24, 2.45) is 0 Å². The maximum Gasteiger partial charge on any atom is 0.414 e. The molecule has 2 heterocycles. The van der Waals surface area contributed by atoms with Crippen LogP contribution in [0.1, 0.15) is 0 Å². The van der Waals surface area contributed by atoms with Crippen LogP contribution in [0.5, 0.6) is 0 Å². The number of carbonyl (C=O) groups is 3. The summed E-state index contributed by atoms with van der Waals surface area (Å²) in [5.74, 6) is -1.35. The van der Waals surface area contributed by atoms with E-state index in [1.165, 1.54) is 24.0 Å². The standard InChI is InChI=1S/C17H18N2O7/c1-23-15(20)13-9-25-10-19(14(13)16(21)24-2)12-5-3-4-11(8-12)18-6-7-26-17(18)22/h3-5,8H,6-7,9-10H2,1-2H3. The molecule has 0 radical (unpaired) electrons. The number of esters is 2. The van der Waals surface area contributed by atoms with Crippen LogP contribution in [-0.4, -0.2) is 58.7 Å². The van der Waals surface area contributed by atoms with E-state index in [0.717, 1.165) is 0 Å². The average molecular weight is 362 g/mol. The number of nitrogens with zero attached hydrogens (tertiary/aromatic N) is 2. The summed E-state index contributed by atoms with van der Waals surface area (Å²) in [7, 11) is 2.46. The molecule has 1 amide bonds. The summed E-state index contributed by atoms with van der Waals surface area (Å²) in [4.78, 5) is 39.1. The number of carbonyl (C=O) groups excluding carboxylic acids is 3. The van der Waals surface area contributed by atoms with Gasteiger partial charge in [-0.25, -0.2) is 14.4 Å². The van der Waals surface area contributed by atoms with E-state index in [9.17, 15) is 14.4 Å². The number of ether oxygens (including phenoxy) is 4. The monoisotopic (exact) mass is 362 g/mol. The predicted molar refractivity (Wildman–Crippen MR) is 89.5 cm³/mol. The Morgan fingerprint density at radius 3 is 2.38 bits per heavy atom. The molecule has 0 saturated carbocycles. The van der Waals surface area contributed by atoms with Crippen molar-refractivity contribution in [3.63, 3.8) is 0 Å². The van der Waals surface area contributed by atoms with E-state index in [1.807, 2.05) is 0 Å². The molecule has 1 saturated heterocycles. The van der Waals surface area contributed by atoms with E-state index in [-0.39, 0.29) is 24.6 Å². The van der Waals surface area contributed by atoms with Gasteiger partial charge in [0.15, 0.2) is 0 Å². The Morgan fingerprint density at radius 1 is 1.08 bits per heavy atom. The summed E-state index contributed by atoms with van der Waals surface area (Å²) in [5.41, 5.74) is 1.28. The van der Waals surface area contributed by atoms with Crippen LogP contribution in [0.25, 0.3) is 0 Å². The minimum atomic E-state index is -0.681. The van der Waals surface area contributed by atoms with Crippen molar-refractivity contribution in [2.45, 2.75) is 0 Å². The van der Waals surface area contributed by atoms with Gasteiger partial charge in [-0.05, 0) is 18.2 Å². The minimum absolute atomic E-state index is 0.0405. The number of rotatable bonds is 4. The highest BCUT2D eigenvalue weighted by atomic mass is 16.6. The lowest BCUT2D eigenvalue weighted by molar-refractivity contribution is -0.140. The molecule has 0 atom stereocenters. The first-order chi connectivity index (χ1) is 12.6. The largest absolute Gasteiger partial charge is 0.466 e. The first-order valence-electron chi connectivity index (χ1n) is 7.86. The van der Waals surface area contributed by atoms with E-state index in [4.69, 9.17) is 18.9 Å². The molecule has 0 spiro atoms. The van der Waals surface area contributed by atoms with E-state index < -0.39 is 18.0 Å². The highest BCUT2D eigenvalue weighted by molar-refractivity contribution is 6.03. The number of methoxy groups -OCH3 is 2. The Morgan fingerprint density at radius 2 is 1.77 bits per heavy atom. The van der Waals surface area contributed by atoms with E-state index in [1.54, 1.807) is 24.3 Å². The second-order valence-corrected chi connectivity index (χ2v) is 5.50. The van der Waals surface area contributed by atoms with Crippen molar-refractivity contribution in [3.05, 3.63) is 35.5 Å². The van der Waals surface area contributed by atoms with Gasteiger partial charge in [0.05, 0.1) is 32.9 Å². The zero-order valence-corrected chi connectivity index (χ0v) is 14.4. The maximum atomic E-state index is 12.3. The van der Waals surface area contributed by atoms with Crippen LogP contribution in [0.3, 0.4) is 0 Å². The molecule has 2 aliphatic heterocycles. The summed E-state index contributed by atoms with van der Waals surface area (Å²) in [6.07, 6.45) is -0.434. The second-order valence-electron chi connectivity index (χ2n) is 5.50. The first-order valence-corrected chi connectivity index (χ1v) is 7.86. The van der Waals surface area contributed by atoms with Gasteiger partial charge >= 0.3 is 18.0 Å². The van der Waals surface area contributed by atoms with Crippen molar-refractivity contribution < 1.29 is 33.3 Å². The zero-order valence-electron chi connectivity index (χ0n) is 14.4. The van der Waals surface area contributed by atoms with Gasteiger partial charge < -0.3 is 23.8 Å². The number of anilines is 2. The van der Waals surface area contributed by atoms with Crippen molar-refractivity contribution >= 4 is 29.4 Å². The summed E-state index contributed by atoms with van der Waals surface area (Å²) in [6, 6.07) is 6.93. The van der Waals surface area contributed by atoms with Crippen molar-refractivity contribution in [1.82, 2.24) is 0 Å². The quantitative estimate of drug-likeness (QED) is 0.579. The lowest BCUT2D eigenvalue weighted by Gasteiger charge is -2.31. The zero-order chi connectivity index (χ0) is 18.7. The molecule has 26 heavy (non-hydrogen) atoms. The van der Waals surface area contributed by atoms with Gasteiger partial charge in [0.1, 0.15) is 19.0 Å². The van der Waals surface area contributed by atoms with Crippen LogP contribution in [0.2, 0.25) is 0 Å². The molecule has 0 bridgehead atoms. The fourth-order valence-electron chi connectivity index (χ4n) is 2.80. The van der Waals surface area contributed by atoms with Gasteiger partial charge in [0.2, 0.25) is 0 Å². The number of amides is 1. The summed E-state index contributed by atoms with van der Waals surface area (Å²) >= 11 is 0. The van der Waals surface area contributed by atoms with Gasteiger partial charge in [0.25, 0.3) is 0 Å². The van der Waals surface area contributed by atoms with Crippen LogP contribution in [0, 0.1) is 0 Å². The molecule has 3 rings (SSSR count).